The quantitative estimate of drug-likeness (QED) is 0.814. The van der Waals surface area contributed by atoms with E-state index in [1.165, 1.54) is 0 Å². The average Bonchev–Trinajstić information content (AvgIpc) is 3.00. The molecule has 3 heterocycles. The normalized spacial score (nSPS) is 15.1. The summed E-state index contributed by atoms with van der Waals surface area (Å²) in [4.78, 5) is 25.3. The first kappa shape index (κ1) is 19.4. The van der Waals surface area contributed by atoms with E-state index in [4.69, 9.17) is 4.42 Å². The van der Waals surface area contributed by atoms with Crippen molar-refractivity contribution in [1.82, 2.24) is 15.1 Å². The van der Waals surface area contributed by atoms with Crippen LogP contribution in [-0.4, -0.2) is 28.8 Å². The van der Waals surface area contributed by atoms with Crippen molar-refractivity contribution >= 4 is 11.7 Å². The van der Waals surface area contributed by atoms with Crippen LogP contribution in [0.3, 0.4) is 0 Å². The lowest BCUT2D eigenvalue weighted by Gasteiger charge is -2.22. The summed E-state index contributed by atoms with van der Waals surface area (Å²) in [6.45, 7) is 8.33. The Hall–Kier alpha value is -2.41. The first-order valence-electron chi connectivity index (χ1n) is 9.70. The predicted molar refractivity (Wildman–Crippen MR) is 104 cm³/mol. The molecular formula is C20H28N4O3. The lowest BCUT2D eigenvalue weighted by molar-refractivity contribution is 0.102. The highest BCUT2D eigenvalue weighted by atomic mass is 16.4. The van der Waals surface area contributed by atoms with Crippen molar-refractivity contribution < 1.29 is 9.21 Å². The van der Waals surface area contributed by atoms with Gasteiger partial charge in [-0.2, -0.15) is 5.10 Å². The minimum Gasteiger partial charge on any atom is -0.427 e. The zero-order chi connectivity index (χ0) is 19.4. The molecule has 0 unspecified atom stereocenters. The number of nitrogens with zero attached hydrogens (tertiary/aromatic N) is 2. The minimum atomic E-state index is -0.571. The molecule has 0 radical (unpaired) electrons. The van der Waals surface area contributed by atoms with Crippen LogP contribution in [0, 0.1) is 13.8 Å². The molecule has 1 aliphatic rings. The second-order valence-corrected chi connectivity index (χ2v) is 7.23. The summed E-state index contributed by atoms with van der Waals surface area (Å²) in [6.07, 6.45) is 5.59. The maximum atomic E-state index is 12.8. The Morgan fingerprint density at radius 1 is 1.33 bits per heavy atom. The highest BCUT2D eigenvalue weighted by Crippen LogP contribution is 2.25. The number of nitrogens with one attached hydrogen (secondary N) is 2. The molecule has 0 atom stereocenters. The molecule has 0 bridgehead atoms. The van der Waals surface area contributed by atoms with Crippen molar-refractivity contribution in [2.75, 3.05) is 18.4 Å². The van der Waals surface area contributed by atoms with Crippen LogP contribution in [0.25, 0.3) is 0 Å². The van der Waals surface area contributed by atoms with E-state index in [0.29, 0.717) is 17.1 Å². The number of anilines is 1. The summed E-state index contributed by atoms with van der Waals surface area (Å²) in [5.41, 5.74) is 1.01. The number of carbonyl (C=O) groups excluding carboxylic acids is 1. The van der Waals surface area contributed by atoms with Gasteiger partial charge < -0.3 is 15.1 Å². The van der Waals surface area contributed by atoms with Crippen molar-refractivity contribution in [3.8, 4) is 0 Å². The Morgan fingerprint density at radius 3 is 2.74 bits per heavy atom. The van der Waals surface area contributed by atoms with Crippen LogP contribution in [0.5, 0.6) is 0 Å². The zero-order valence-corrected chi connectivity index (χ0v) is 16.3. The van der Waals surface area contributed by atoms with Gasteiger partial charge in [0, 0.05) is 18.0 Å². The minimum absolute atomic E-state index is 0.0651. The van der Waals surface area contributed by atoms with Crippen LogP contribution >= 0.6 is 0 Å². The van der Waals surface area contributed by atoms with Gasteiger partial charge in [0.05, 0.1) is 6.20 Å². The number of aromatic nitrogens is 2. The van der Waals surface area contributed by atoms with Gasteiger partial charge in [0.25, 0.3) is 5.91 Å². The van der Waals surface area contributed by atoms with Gasteiger partial charge in [0.1, 0.15) is 17.1 Å². The summed E-state index contributed by atoms with van der Waals surface area (Å²) < 4.78 is 7.30. The van der Waals surface area contributed by atoms with Crippen molar-refractivity contribution in [2.24, 2.45) is 0 Å². The number of piperidine rings is 1. The van der Waals surface area contributed by atoms with Crippen LogP contribution in [0.4, 0.5) is 5.82 Å². The fraction of sp³-hybridized carbons (Fsp3) is 0.550. The summed E-state index contributed by atoms with van der Waals surface area (Å²) >= 11 is 0. The third-order valence-corrected chi connectivity index (χ3v) is 5.11. The molecule has 2 N–H and O–H groups in total. The maximum absolute atomic E-state index is 12.8. The van der Waals surface area contributed by atoms with Crippen molar-refractivity contribution in [2.45, 2.75) is 58.9 Å². The van der Waals surface area contributed by atoms with Crippen molar-refractivity contribution in [3.63, 3.8) is 0 Å². The molecule has 1 saturated heterocycles. The molecule has 0 saturated carbocycles. The van der Waals surface area contributed by atoms with Gasteiger partial charge in [0.15, 0.2) is 0 Å². The molecule has 1 aliphatic heterocycles. The first-order valence-corrected chi connectivity index (χ1v) is 9.70. The summed E-state index contributed by atoms with van der Waals surface area (Å²) in [5.74, 6) is 1.10. The molecule has 0 aliphatic carbocycles. The Labute approximate surface area is 159 Å². The molecule has 2 aromatic heterocycles. The molecular weight excluding hydrogens is 344 g/mol. The zero-order valence-electron chi connectivity index (χ0n) is 16.3. The highest BCUT2D eigenvalue weighted by molar-refractivity contribution is 6.04. The average molecular weight is 372 g/mol. The molecule has 0 aromatic carbocycles. The van der Waals surface area contributed by atoms with Gasteiger partial charge in [-0.25, -0.2) is 9.48 Å². The summed E-state index contributed by atoms with van der Waals surface area (Å²) in [7, 11) is 0. The van der Waals surface area contributed by atoms with Gasteiger partial charge in [-0.15, -0.1) is 0 Å². The van der Waals surface area contributed by atoms with Crippen LogP contribution in [-0.2, 0) is 6.54 Å². The topological polar surface area (TPSA) is 89.2 Å². The van der Waals surface area contributed by atoms with Crippen molar-refractivity contribution in [3.05, 3.63) is 45.1 Å². The van der Waals surface area contributed by atoms with E-state index in [1.807, 2.05) is 13.0 Å². The fourth-order valence-electron chi connectivity index (χ4n) is 3.50. The van der Waals surface area contributed by atoms with Gasteiger partial charge in [0.2, 0.25) is 0 Å². The second kappa shape index (κ2) is 8.52. The number of unbranched alkanes of at least 4 members (excludes halogenated alkanes) is 1. The number of amides is 1. The highest BCUT2D eigenvalue weighted by Gasteiger charge is 2.23. The monoisotopic (exact) mass is 372 g/mol. The predicted octanol–water partition coefficient (Wildman–Crippen LogP) is 2.97. The third-order valence-electron chi connectivity index (χ3n) is 5.11. The van der Waals surface area contributed by atoms with E-state index in [2.05, 4.69) is 22.7 Å². The molecule has 7 nitrogen and oxygen atoms in total. The maximum Gasteiger partial charge on any atom is 0.349 e. The van der Waals surface area contributed by atoms with Gasteiger partial charge in [-0.1, -0.05) is 13.3 Å². The molecule has 2 aromatic rings. The smallest absolute Gasteiger partial charge is 0.349 e. The SMILES string of the molecule is CCCCn1ncc(C)c1NC(=O)c1c(C)cc(C2CCNCC2)oc1=O. The standard InChI is InChI=1S/C20H28N4O3/c1-4-5-10-24-18(14(3)12-22-24)23-19(25)17-13(2)11-16(27-20(17)26)15-6-8-21-9-7-15/h11-12,15,21H,4-10H2,1-3H3,(H,23,25). The Bertz CT molecular complexity index is 863. The lowest BCUT2D eigenvalue weighted by atomic mass is 9.94. The van der Waals surface area contributed by atoms with Crippen LogP contribution in [0.1, 0.15) is 65.8 Å². The molecule has 1 fully saturated rings. The Kier molecular flexibility index (Phi) is 6.11. The molecule has 7 heteroatoms. The van der Waals surface area contributed by atoms with Gasteiger partial charge in [-0.3, -0.25) is 4.79 Å². The van der Waals surface area contributed by atoms with Gasteiger partial charge >= 0.3 is 5.63 Å². The van der Waals surface area contributed by atoms with Gasteiger partial charge in [-0.05, 0) is 57.8 Å². The van der Waals surface area contributed by atoms with Crippen LogP contribution in [0.15, 0.2) is 21.5 Å². The number of rotatable bonds is 6. The summed E-state index contributed by atoms with van der Waals surface area (Å²) in [6, 6.07) is 1.84. The molecule has 1 amide bonds. The molecule has 0 spiro atoms. The summed E-state index contributed by atoms with van der Waals surface area (Å²) in [5, 5.41) is 10.5. The second-order valence-electron chi connectivity index (χ2n) is 7.23. The third kappa shape index (κ3) is 4.30. The van der Waals surface area contributed by atoms with E-state index in [0.717, 1.165) is 50.9 Å². The largest absolute Gasteiger partial charge is 0.427 e. The number of carbonyl (C=O) groups is 1. The molecule has 146 valence electrons. The van der Waals surface area contributed by atoms with E-state index in [9.17, 15) is 9.59 Å². The number of hydrogen-bond donors (Lipinski definition) is 2. The fourth-order valence-corrected chi connectivity index (χ4v) is 3.50. The lowest BCUT2D eigenvalue weighted by Crippen LogP contribution is -2.28. The number of aryl methyl sites for hydroxylation is 3. The van der Waals surface area contributed by atoms with E-state index in [1.54, 1.807) is 17.8 Å². The Morgan fingerprint density at radius 2 is 2.07 bits per heavy atom. The Balaban J connectivity index is 1.83. The number of hydrogen-bond acceptors (Lipinski definition) is 5. The molecule has 27 heavy (non-hydrogen) atoms. The molecule has 3 rings (SSSR count). The van der Waals surface area contributed by atoms with Crippen LogP contribution in [0.2, 0.25) is 0 Å². The van der Waals surface area contributed by atoms with E-state index >= 15 is 0 Å². The van der Waals surface area contributed by atoms with E-state index < -0.39 is 11.5 Å². The van der Waals surface area contributed by atoms with Crippen LogP contribution < -0.4 is 16.3 Å². The van der Waals surface area contributed by atoms with Crippen molar-refractivity contribution in [1.29, 1.82) is 0 Å². The first-order chi connectivity index (χ1) is 13.0. The van der Waals surface area contributed by atoms with E-state index in [-0.39, 0.29) is 11.5 Å².